The summed E-state index contributed by atoms with van der Waals surface area (Å²) in [7, 11) is 0. The standard InChI is InChI=1S/C28H24N2O3/c1-20-11-8-9-17-24(20)26(21-12-4-2-5-13-21)30-28(32)25(19-23-16-10-18-33-23)29-27(31)22-14-6-3-7-15-22/h2-19,26H,1H3,(H,29,31)(H,30,32)/b25-19-/t26-/m0/s1. The molecule has 0 fully saturated rings. The van der Waals surface area contributed by atoms with Gasteiger partial charge in [-0.2, -0.15) is 0 Å². The lowest BCUT2D eigenvalue weighted by molar-refractivity contribution is -0.118. The second kappa shape index (κ2) is 10.3. The van der Waals surface area contributed by atoms with Crippen LogP contribution < -0.4 is 10.6 Å². The fraction of sp³-hybridized carbons (Fsp3) is 0.0714. The van der Waals surface area contributed by atoms with Gasteiger partial charge in [0.25, 0.3) is 11.8 Å². The van der Waals surface area contributed by atoms with Gasteiger partial charge in [-0.25, -0.2) is 0 Å². The van der Waals surface area contributed by atoms with E-state index in [4.69, 9.17) is 4.42 Å². The molecule has 5 nitrogen and oxygen atoms in total. The fourth-order valence-electron chi connectivity index (χ4n) is 3.56. The van der Waals surface area contributed by atoms with Crippen molar-refractivity contribution in [1.82, 2.24) is 10.6 Å². The summed E-state index contributed by atoms with van der Waals surface area (Å²) >= 11 is 0. The molecule has 5 heteroatoms. The second-order valence-corrected chi connectivity index (χ2v) is 7.57. The van der Waals surface area contributed by atoms with Crippen molar-refractivity contribution in [2.75, 3.05) is 0 Å². The first-order chi connectivity index (χ1) is 16.1. The Bertz CT molecular complexity index is 1250. The summed E-state index contributed by atoms with van der Waals surface area (Å²) in [5, 5.41) is 5.84. The van der Waals surface area contributed by atoms with Crippen molar-refractivity contribution in [2.24, 2.45) is 0 Å². The molecule has 1 heterocycles. The second-order valence-electron chi connectivity index (χ2n) is 7.57. The molecule has 3 aromatic carbocycles. The molecule has 1 atom stereocenters. The average molecular weight is 437 g/mol. The van der Waals surface area contributed by atoms with Gasteiger partial charge in [0.1, 0.15) is 11.5 Å². The van der Waals surface area contributed by atoms with Crippen LogP contribution in [0.4, 0.5) is 0 Å². The van der Waals surface area contributed by atoms with Crippen molar-refractivity contribution >= 4 is 17.9 Å². The van der Waals surface area contributed by atoms with Crippen LogP contribution in [0.5, 0.6) is 0 Å². The van der Waals surface area contributed by atoms with Crippen LogP contribution in [-0.4, -0.2) is 11.8 Å². The molecule has 0 aliphatic carbocycles. The first kappa shape index (κ1) is 21.8. The van der Waals surface area contributed by atoms with Crippen LogP contribution in [0.15, 0.2) is 113 Å². The number of hydrogen-bond acceptors (Lipinski definition) is 3. The van der Waals surface area contributed by atoms with E-state index < -0.39 is 11.9 Å². The minimum absolute atomic E-state index is 0.0910. The average Bonchev–Trinajstić information content (AvgIpc) is 3.37. The lowest BCUT2D eigenvalue weighted by atomic mass is 9.95. The molecular weight excluding hydrogens is 412 g/mol. The van der Waals surface area contributed by atoms with Gasteiger partial charge in [-0.05, 0) is 47.9 Å². The summed E-state index contributed by atoms with van der Waals surface area (Å²) < 4.78 is 5.39. The Morgan fingerprint density at radius 2 is 1.48 bits per heavy atom. The van der Waals surface area contributed by atoms with Gasteiger partial charge < -0.3 is 15.1 Å². The highest BCUT2D eigenvalue weighted by molar-refractivity contribution is 6.05. The number of hydrogen-bond donors (Lipinski definition) is 2. The largest absolute Gasteiger partial charge is 0.465 e. The number of nitrogens with one attached hydrogen (secondary N) is 2. The maximum atomic E-state index is 13.5. The fourth-order valence-corrected chi connectivity index (χ4v) is 3.56. The van der Waals surface area contributed by atoms with Crippen LogP contribution >= 0.6 is 0 Å². The Morgan fingerprint density at radius 3 is 2.15 bits per heavy atom. The molecule has 33 heavy (non-hydrogen) atoms. The zero-order valence-electron chi connectivity index (χ0n) is 18.2. The van der Waals surface area contributed by atoms with Gasteiger partial charge in [0.2, 0.25) is 0 Å². The SMILES string of the molecule is Cc1ccccc1[C@@H](NC(=O)/C(=C/c1ccco1)NC(=O)c1ccccc1)c1ccccc1. The van der Waals surface area contributed by atoms with Crippen molar-refractivity contribution in [3.8, 4) is 0 Å². The third-order valence-corrected chi connectivity index (χ3v) is 5.27. The normalized spacial score (nSPS) is 12.1. The molecule has 4 rings (SSSR count). The van der Waals surface area contributed by atoms with Gasteiger partial charge in [-0.3, -0.25) is 9.59 Å². The van der Waals surface area contributed by atoms with Crippen molar-refractivity contribution < 1.29 is 14.0 Å². The highest BCUT2D eigenvalue weighted by Gasteiger charge is 2.22. The van der Waals surface area contributed by atoms with Gasteiger partial charge in [0.05, 0.1) is 12.3 Å². The van der Waals surface area contributed by atoms with Gasteiger partial charge >= 0.3 is 0 Å². The van der Waals surface area contributed by atoms with Gasteiger partial charge in [-0.15, -0.1) is 0 Å². The number of benzene rings is 3. The zero-order valence-corrected chi connectivity index (χ0v) is 18.2. The quantitative estimate of drug-likeness (QED) is 0.388. The molecule has 0 aliphatic rings. The molecule has 0 radical (unpaired) electrons. The molecule has 164 valence electrons. The van der Waals surface area contributed by atoms with Crippen molar-refractivity contribution in [2.45, 2.75) is 13.0 Å². The zero-order chi connectivity index (χ0) is 23.0. The Morgan fingerprint density at radius 1 is 0.818 bits per heavy atom. The molecule has 2 N–H and O–H groups in total. The predicted octanol–water partition coefficient (Wildman–Crippen LogP) is 5.26. The summed E-state index contributed by atoms with van der Waals surface area (Å²) in [4.78, 5) is 26.3. The predicted molar refractivity (Wildman–Crippen MR) is 128 cm³/mol. The molecule has 0 spiro atoms. The molecule has 2 amide bonds. The number of rotatable bonds is 7. The first-order valence-corrected chi connectivity index (χ1v) is 10.6. The maximum Gasteiger partial charge on any atom is 0.268 e. The van der Waals surface area contributed by atoms with E-state index in [2.05, 4.69) is 10.6 Å². The van der Waals surface area contributed by atoms with E-state index in [9.17, 15) is 9.59 Å². The van der Waals surface area contributed by atoms with Crippen LogP contribution in [0.25, 0.3) is 6.08 Å². The van der Waals surface area contributed by atoms with Crippen LogP contribution in [0.1, 0.15) is 38.9 Å². The Hall–Kier alpha value is -4.38. The summed E-state index contributed by atoms with van der Waals surface area (Å²) in [5.74, 6) is -0.343. The van der Waals surface area contributed by atoms with Crippen molar-refractivity contribution in [3.05, 3.63) is 137 Å². The van der Waals surface area contributed by atoms with E-state index in [1.165, 1.54) is 12.3 Å². The number of carbonyl (C=O) groups excluding carboxylic acids is 2. The molecule has 0 aliphatic heterocycles. The van der Waals surface area contributed by atoms with Gasteiger partial charge in [0, 0.05) is 11.6 Å². The maximum absolute atomic E-state index is 13.5. The molecule has 0 saturated carbocycles. The topological polar surface area (TPSA) is 71.3 Å². The smallest absolute Gasteiger partial charge is 0.268 e. The minimum Gasteiger partial charge on any atom is -0.465 e. The van der Waals surface area contributed by atoms with Crippen LogP contribution in [-0.2, 0) is 4.79 Å². The highest BCUT2D eigenvalue weighted by atomic mass is 16.3. The summed E-state index contributed by atoms with van der Waals surface area (Å²) in [6, 6.07) is 29.5. The first-order valence-electron chi connectivity index (χ1n) is 10.6. The minimum atomic E-state index is -0.423. The van der Waals surface area contributed by atoms with E-state index in [0.717, 1.165) is 16.7 Å². The number of amides is 2. The Balaban J connectivity index is 1.67. The van der Waals surface area contributed by atoms with E-state index in [1.54, 1.807) is 36.4 Å². The Labute approximate surface area is 192 Å². The van der Waals surface area contributed by atoms with Crippen LogP contribution in [0, 0.1) is 6.92 Å². The van der Waals surface area contributed by atoms with Crippen LogP contribution in [0.2, 0.25) is 0 Å². The summed E-state index contributed by atoms with van der Waals surface area (Å²) in [6.07, 6.45) is 3.04. The molecule has 0 saturated heterocycles. The van der Waals surface area contributed by atoms with E-state index in [-0.39, 0.29) is 11.6 Å². The third-order valence-electron chi connectivity index (χ3n) is 5.27. The molecular formula is C28H24N2O3. The lowest BCUT2D eigenvalue weighted by Crippen LogP contribution is -2.37. The van der Waals surface area contributed by atoms with Gasteiger partial charge in [0.15, 0.2) is 0 Å². The number of aryl methyl sites for hydroxylation is 1. The summed E-state index contributed by atoms with van der Waals surface area (Å²) in [6.45, 7) is 2.01. The third kappa shape index (κ3) is 5.46. The molecule has 1 aromatic heterocycles. The molecule has 0 unspecified atom stereocenters. The highest BCUT2D eigenvalue weighted by Crippen LogP contribution is 2.25. The number of carbonyl (C=O) groups is 2. The van der Waals surface area contributed by atoms with E-state index in [1.807, 2.05) is 67.6 Å². The molecule has 0 bridgehead atoms. The van der Waals surface area contributed by atoms with E-state index in [0.29, 0.717) is 11.3 Å². The lowest BCUT2D eigenvalue weighted by Gasteiger charge is -2.22. The monoisotopic (exact) mass is 436 g/mol. The number of furan rings is 1. The van der Waals surface area contributed by atoms with Crippen LogP contribution in [0.3, 0.4) is 0 Å². The van der Waals surface area contributed by atoms with E-state index >= 15 is 0 Å². The Kier molecular flexibility index (Phi) is 6.81. The summed E-state index contributed by atoms with van der Waals surface area (Å²) in [5.41, 5.74) is 3.51. The van der Waals surface area contributed by atoms with Crippen molar-refractivity contribution in [3.63, 3.8) is 0 Å². The molecule has 4 aromatic rings. The van der Waals surface area contributed by atoms with Crippen molar-refractivity contribution in [1.29, 1.82) is 0 Å². The van der Waals surface area contributed by atoms with Gasteiger partial charge in [-0.1, -0.05) is 72.8 Å².